The maximum Gasteiger partial charge on any atom is 0.338 e. The smallest absolute Gasteiger partial charge is 0.338 e. The van der Waals surface area contributed by atoms with Gasteiger partial charge in [-0.1, -0.05) is 42.8 Å². The molecule has 0 saturated heterocycles. The van der Waals surface area contributed by atoms with Gasteiger partial charge in [0, 0.05) is 19.7 Å². The molecule has 2 aromatic rings. The summed E-state index contributed by atoms with van der Waals surface area (Å²) < 4.78 is 4.96. The van der Waals surface area contributed by atoms with Crippen molar-refractivity contribution in [2.45, 2.75) is 19.9 Å². The fourth-order valence-electron chi connectivity index (χ4n) is 2.34. The predicted molar refractivity (Wildman–Crippen MR) is 101 cm³/mol. The summed E-state index contributed by atoms with van der Waals surface area (Å²) in [5.41, 5.74) is 1.73. The number of carbonyl (C=O) groups is 2. The van der Waals surface area contributed by atoms with Crippen LogP contribution in [0.1, 0.15) is 28.4 Å². The van der Waals surface area contributed by atoms with Crippen molar-refractivity contribution in [1.82, 2.24) is 4.90 Å². The Kier molecular flexibility index (Phi) is 6.90. The largest absolute Gasteiger partial charge is 0.452 e. The molecule has 0 spiro atoms. The molecule has 0 fully saturated rings. The van der Waals surface area contributed by atoms with Crippen LogP contribution in [-0.4, -0.2) is 35.4 Å². The molecule has 0 N–H and O–H groups in total. The molecule has 0 aliphatic heterocycles. The molecule has 0 atom stereocenters. The maximum absolute atomic E-state index is 12.2. The van der Waals surface area contributed by atoms with Crippen molar-refractivity contribution < 1.29 is 19.2 Å². The first-order chi connectivity index (χ1) is 12.8. The van der Waals surface area contributed by atoms with E-state index in [-0.39, 0.29) is 16.5 Å². The number of esters is 1. The Balaban J connectivity index is 1.92. The molecule has 1 amide bonds. The minimum Gasteiger partial charge on any atom is -0.452 e. The first-order valence-corrected chi connectivity index (χ1v) is 8.62. The summed E-state index contributed by atoms with van der Waals surface area (Å²) >= 11 is 5.71. The third-order valence-electron chi connectivity index (χ3n) is 3.98. The zero-order valence-corrected chi connectivity index (χ0v) is 15.7. The van der Waals surface area contributed by atoms with Gasteiger partial charge in [-0.05, 0) is 29.7 Å². The van der Waals surface area contributed by atoms with Gasteiger partial charge in [0.25, 0.3) is 11.6 Å². The van der Waals surface area contributed by atoms with Gasteiger partial charge in [0.15, 0.2) is 6.61 Å². The lowest BCUT2D eigenvalue weighted by atomic mass is 10.1. The van der Waals surface area contributed by atoms with Gasteiger partial charge in [0.05, 0.1) is 10.5 Å². The van der Waals surface area contributed by atoms with Crippen LogP contribution in [0.25, 0.3) is 0 Å². The third kappa shape index (κ3) is 5.52. The number of nitro benzene ring substituents is 1. The molecule has 0 unspecified atom stereocenters. The third-order valence-corrected chi connectivity index (χ3v) is 4.30. The molecular formula is C19H19ClN2O5. The van der Waals surface area contributed by atoms with Crippen LogP contribution in [0.15, 0.2) is 42.5 Å². The second kappa shape index (κ2) is 9.14. The van der Waals surface area contributed by atoms with E-state index >= 15 is 0 Å². The summed E-state index contributed by atoms with van der Waals surface area (Å²) in [6, 6.07) is 11.5. The number of carbonyl (C=O) groups excluding carboxylic acids is 2. The lowest BCUT2D eigenvalue weighted by Gasteiger charge is -2.17. The quantitative estimate of drug-likeness (QED) is 0.409. The Bertz CT molecular complexity index is 852. The van der Waals surface area contributed by atoms with Crippen molar-refractivity contribution in [2.75, 3.05) is 13.7 Å². The van der Waals surface area contributed by atoms with Crippen LogP contribution in [-0.2, 0) is 22.5 Å². The monoisotopic (exact) mass is 390 g/mol. The first-order valence-electron chi connectivity index (χ1n) is 8.24. The highest BCUT2D eigenvalue weighted by atomic mass is 35.5. The summed E-state index contributed by atoms with van der Waals surface area (Å²) in [5.74, 6) is -1.21. The second-order valence-corrected chi connectivity index (χ2v) is 6.33. The van der Waals surface area contributed by atoms with Crippen molar-refractivity contribution in [1.29, 1.82) is 0 Å². The Hall–Kier alpha value is -2.93. The maximum atomic E-state index is 12.2. The molecule has 27 heavy (non-hydrogen) atoms. The zero-order chi connectivity index (χ0) is 20.0. The van der Waals surface area contributed by atoms with Crippen molar-refractivity contribution in [3.05, 3.63) is 74.3 Å². The van der Waals surface area contributed by atoms with Crippen molar-refractivity contribution in [3.63, 3.8) is 0 Å². The number of aryl methyl sites for hydroxylation is 1. The molecule has 8 heteroatoms. The van der Waals surface area contributed by atoms with E-state index in [1.165, 1.54) is 22.6 Å². The van der Waals surface area contributed by atoms with Gasteiger partial charge in [0.1, 0.15) is 5.02 Å². The normalized spacial score (nSPS) is 10.3. The molecule has 0 heterocycles. The average molecular weight is 391 g/mol. The van der Waals surface area contributed by atoms with Crippen LogP contribution in [0.3, 0.4) is 0 Å². The lowest BCUT2D eigenvalue weighted by molar-refractivity contribution is -0.384. The summed E-state index contributed by atoms with van der Waals surface area (Å²) in [6.07, 6.45) is 0.938. The van der Waals surface area contributed by atoms with Gasteiger partial charge in [-0.15, -0.1) is 0 Å². The van der Waals surface area contributed by atoms with Crippen LogP contribution >= 0.6 is 11.6 Å². The average Bonchev–Trinajstić information content (AvgIpc) is 2.66. The SMILES string of the molecule is CCc1ccc(CN(C)C(=O)COC(=O)c2ccc(Cl)c([N+](=O)[O-])c2)cc1. The van der Waals surface area contributed by atoms with E-state index in [4.69, 9.17) is 16.3 Å². The first kappa shape index (κ1) is 20.4. The summed E-state index contributed by atoms with van der Waals surface area (Å²) in [4.78, 5) is 35.8. The van der Waals surface area contributed by atoms with E-state index in [0.29, 0.717) is 6.54 Å². The van der Waals surface area contributed by atoms with Crippen LogP contribution in [0.2, 0.25) is 5.02 Å². The number of rotatable bonds is 7. The van der Waals surface area contributed by atoms with Crippen LogP contribution in [0.5, 0.6) is 0 Å². The summed E-state index contributed by atoms with van der Waals surface area (Å²) in [5, 5.41) is 10.8. The number of halogens is 1. The zero-order valence-electron chi connectivity index (χ0n) is 15.0. The molecule has 0 aromatic heterocycles. The van der Waals surface area contributed by atoms with E-state index in [1.54, 1.807) is 7.05 Å². The topological polar surface area (TPSA) is 89.8 Å². The van der Waals surface area contributed by atoms with E-state index in [0.717, 1.165) is 18.1 Å². The van der Waals surface area contributed by atoms with E-state index < -0.39 is 23.2 Å². The Labute approximate surface area is 161 Å². The van der Waals surface area contributed by atoms with Crippen molar-refractivity contribution >= 4 is 29.2 Å². The van der Waals surface area contributed by atoms with Gasteiger partial charge in [-0.2, -0.15) is 0 Å². The van der Waals surface area contributed by atoms with Crippen LogP contribution < -0.4 is 0 Å². The van der Waals surface area contributed by atoms with E-state index in [2.05, 4.69) is 6.92 Å². The fraction of sp³-hybridized carbons (Fsp3) is 0.263. The number of hydrogen-bond acceptors (Lipinski definition) is 5. The number of ether oxygens (including phenoxy) is 1. The van der Waals surface area contributed by atoms with E-state index in [1.807, 2.05) is 24.3 Å². The molecule has 0 aliphatic rings. The molecule has 7 nitrogen and oxygen atoms in total. The molecule has 142 valence electrons. The minimum absolute atomic E-state index is 0.0447. The number of hydrogen-bond donors (Lipinski definition) is 0. The van der Waals surface area contributed by atoms with Crippen molar-refractivity contribution in [3.8, 4) is 0 Å². The van der Waals surface area contributed by atoms with Gasteiger partial charge in [-0.3, -0.25) is 14.9 Å². The molecular weight excluding hydrogens is 372 g/mol. The standard InChI is InChI=1S/C19H19ClN2O5/c1-3-13-4-6-14(7-5-13)11-21(2)18(23)12-27-19(24)15-8-9-16(20)17(10-15)22(25)26/h4-10H,3,11-12H2,1-2H3. The Morgan fingerprint density at radius 3 is 2.37 bits per heavy atom. The van der Waals surface area contributed by atoms with Crippen LogP contribution in [0, 0.1) is 10.1 Å². The highest BCUT2D eigenvalue weighted by molar-refractivity contribution is 6.32. The van der Waals surface area contributed by atoms with Gasteiger partial charge in [-0.25, -0.2) is 4.79 Å². The molecule has 2 rings (SSSR count). The minimum atomic E-state index is -0.830. The number of nitrogens with zero attached hydrogens (tertiary/aromatic N) is 2. The highest BCUT2D eigenvalue weighted by Crippen LogP contribution is 2.25. The van der Waals surface area contributed by atoms with Gasteiger partial charge < -0.3 is 9.64 Å². The number of benzene rings is 2. The lowest BCUT2D eigenvalue weighted by Crippen LogP contribution is -2.30. The van der Waals surface area contributed by atoms with Crippen molar-refractivity contribution in [2.24, 2.45) is 0 Å². The Morgan fingerprint density at radius 2 is 1.78 bits per heavy atom. The number of amides is 1. The van der Waals surface area contributed by atoms with Gasteiger partial charge in [0.2, 0.25) is 0 Å². The predicted octanol–water partition coefficient (Wildman–Crippen LogP) is 3.63. The highest BCUT2D eigenvalue weighted by Gasteiger charge is 2.19. The van der Waals surface area contributed by atoms with Crippen LogP contribution in [0.4, 0.5) is 5.69 Å². The molecule has 0 radical (unpaired) electrons. The molecule has 0 aliphatic carbocycles. The summed E-state index contributed by atoms with van der Waals surface area (Å²) in [6.45, 7) is 1.99. The molecule has 0 bridgehead atoms. The fourth-order valence-corrected chi connectivity index (χ4v) is 2.53. The number of likely N-dealkylation sites (N-methyl/N-ethyl adjacent to an activating group) is 1. The molecule has 0 saturated carbocycles. The second-order valence-electron chi connectivity index (χ2n) is 5.92. The summed E-state index contributed by atoms with van der Waals surface area (Å²) in [7, 11) is 1.61. The molecule has 2 aromatic carbocycles. The Morgan fingerprint density at radius 1 is 1.15 bits per heavy atom. The van der Waals surface area contributed by atoms with E-state index in [9.17, 15) is 19.7 Å². The number of nitro groups is 1. The van der Waals surface area contributed by atoms with Gasteiger partial charge >= 0.3 is 5.97 Å².